The number of hydrogen-bond donors (Lipinski definition) is 0. The third-order valence-electron chi connectivity index (χ3n) is 7.26. The molecule has 0 aliphatic heterocycles. The maximum atomic E-state index is 13.6. The Balaban J connectivity index is 1.43. The van der Waals surface area contributed by atoms with Crippen molar-refractivity contribution in [1.29, 1.82) is 0 Å². The Hall–Kier alpha value is -2.64. The van der Waals surface area contributed by atoms with Gasteiger partial charge in [0.1, 0.15) is 5.82 Å². The number of hydrogen-bond acceptors (Lipinski definition) is 5. The third kappa shape index (κ3) is 2.80. The molecule has 0 spiro atoms. The first-order valence-corrected chi connectivity index (χ1v) is 10.4. The zero-order valence-electron chi connectivity index (χ0n) is 17.5. The van der Waals surface area contributed by atoms with E-state index in [4.69, 9.17) is 4.52 Å². The topological polar surface area (TPSA) is 69.6 Å². The summed E-state index contributed by atoms with van der Waals surface area (Å²) < 4.78 is 34.1. The minimum absolute atomic E-state index is 0.0360. The number of benzene rings is 1. The molecule has 0 amide bonds. The van der Waals surface area contributed by atoms with Crippen molar-refractivity contribution >= 4 is 0 Å². The number of aromatic nitrogens is 5. The highest BCUT2D eigenvalue weighted by Crippen LogP contribution is 2.57. The highest BCUT2D eigenvalue weighted by atomic mass is 19.3. The molecule has 0 atom stereocenters. The number of rotatable bonds is 4. The van der Waals surface area contributed by atoms with E-state index in [0.717, 1.165) is 62.7 Å². The molecule has 3 saturated carbocycles. The van der Waals surface area contributed by atoms with Crippen LogP contribution < -0.4 is 0 Å². The van der Waals surface area contributed by atoms with Gasteiger partial charge in [-0.15, -0.1) is 10.2 Å². The second kappa shape index (κ2) is 6.43. The third-order valence-corrected chi connectivity index (χ3v) is 7.26. The number of alkyl halides is 2. The van der Waals surface area contributed by atoms with Crippen molar-refractivity contribution in [2.24, 2.45) is 7.05 Å². The van der Waals surface area contributed by atoms with Gasteiger partial charge in [0, 0.05) is 30.4 Å². The molecule has 8 heteroatoms. The van der Waals surface area contributed by atoms with E-state index in [-0.39, 0.29) is 10.8 Å². The van der Waals surface area contributed by atoms with E-state index in [1.807, 2.05) is 19.2 Å². The molecule has 2 bridgehead atoms. The molecule has 0 radical (unpaired) electrons. The molecule has 2 heterocycles. The monoisotopic (exact) mass is 413 g/mol. The van der Waals surface area contributed by atoms with E-state index in [9.17, 15) is 8.78 Å². The predicted molar refractivity (Wildman–Crippen MR) is 106 cm³/mol. The molecule has 6 rings (SSSR count). The average Bonchev–Trinajstić information content (AvgIpc) is 3.38. The first-order chi connectivity index (χ1) is 14.2. The van der Waals surface area contributed by atoms with Crippen LogP contribution in [0.15, 0.2) is 28.8 Å². The summed E-state index contributed by atoms with van der Waals surface area (Å²) in [6, 6.07) is 8.19. The van der Waals surface area contributed by atoms with Crippen molar-refractivity contribution in [1.82, 2.24) is 24.9 Å². The molecule has 3 fully saturated rings. The molecule has 0 saturated heterocycles. The highest BCUT2D eigenvalue weighted by molar-refractivity contribution is 5.60. The molecule has 3 aliphatic carbocycles. The van der Waals surface area contributed by atoms with E-state index < -0.39 is 11.8 Å². The van der Waals surface area contributed by atoms with Gasteiger partial charge in [-0.05, 0) is 51.0 Å². The van der Waals surface area contributed by atoms with Crippen LogP contribution >= 0.6 is 0 Å². The second-order valence-corrected chi connectivity index (χ2v) is 9.09. The van der Waals surface area contributed by atoms with E-state index in [1.165, 1.54) is 5.56 Å². The molecule has 0 N–H and O–H groups in total. The summed E-state index contributed by atoms with van der Waals surface area (Å²) in [5.41, 5.74) is 1.96. The van der Waals surface area contributed by atoms with E-state index in [2.05, 4.69) is 44.0 Å². The van der Waals surface area contributed by atoms with Gasteiger partial charge in [0.2, 0.25) is 0 Å². The number of nitrogens with zero attached hydrogens (tertiary/aromatic N) is 5. The fourth-order valence-corrected chi connectivity index (χ4v) is 5.32. The lowest BCUT2D eigenvalue weighted by Crippen LogP contribution is -2.48. The van der Waals surface area contributed by atoms with E-state index in [0.29, 0.717) is 5.82 Å². The summed E-state index contributed by atoms with van der Waals surface area (Å²) in [7, 11) is 2.04. The summed E-state index contributed by atoms with van der Waals surface area (Å²) in [6.45, 7) is 2.87. The van der Waals surface area contributed by atoms with Gasteiger partial charge in [-0.3, -0.25) is 0 Å². The SMILES string of the molecule is Cc1ccccc1-c1nnc(C23CCC(c4noc(C(C)(F)F)n4)(CC2)CC3)n1C. The molecule has 3 aromatic rings. The van der Waals surface area contributed by atoms with Gasteiger partial charge in [0.25, 0.3) is 5.89 Å². The van der Waals surface area contributed by atoms with Gasteiger partial charge in [-0.1, -0.05) is 29.4 Å². The first-order valence-electron chi connectivity index (χ1n) is 10.4. The van der Waals surface area contributed by atoms with Crippen LogP contribution in [0.5, 0.6) is 0 Å². The molecule has 6 nitrogen and oxygen atoms in total. The lowest BCUT2D eigenvalue weighted by molar-refractivity contribution is -0.0158. The van der Waals surface area contributed by atoms with Crippen LogP contribution in [0.3, 0.4) is 0 Å². The summed E-state index contributed by atoms with van der Waals surface area (Å²) in [5, 5.41) is 13.1. The lowest BCUT2D eigenvalue weighted by Gasteiger charge is -2.51. The van der Waals surface area contributed by atoms with E-state index in [1.54, 1.807) is 0 Å². The number of aryl methyl sites for hydroxylation is 1. The summed E-state index contributed by atoms with van der Waals surface area (Å²) in [6.07, 6.45) is 5.27. The van der Waals surface area contributed by atoms with Crippen molar-refractivity contribution < 1.29 is 13.3 Å². The standard InChI is InChI=1S/C22H25F2N5O/c1-14-6-4-5-7-15(14)16-26-27-18(29(16)3)22-11-8-21(9-12-22,10-13-22)17-25-19(30-28-17)20(2,23)24/h4-7H,8-13H2,1-3H3. The molecule has 30 heavy (non-hydrogen) atoms. The van der Waals surface area contributed by atoms with Crippen molar-refractivity contribution in [3.63, 3.8) is 0 Å². The fourth-order valence-electron chi connectivity index (χ4n) is 5.32. The van der Waals surface area contributed by atoms with Gasteiger partial charge in [0.05, 0.1) is 0 Å². The molecule has 2 aromatic heterocycles. The largest absolute Gasteiger partial charge is 0.333 e. The van der Waals surface area contributed by atoms with E-state index >= 15 is 0 Å². The van der Waals surface area contributed by atoms with Crippen molar-refractivity contribution in [2.45, 2.75) is 69.1 Å². The lowest BCUT2D eigenvalue weighted by atomic mass is 9.53. The van der Waals surface area contributed by atoms with Crippen LogP contribution in [-0.4, -0.2) is 24.9 Å². The van der Waals surface area contributed by atoms with Gasteiger partial charge in [0.15, 0.2) is 11.6 Å². The van der Waals surface area contributed by atoms with Crippen LogP contribution in [-0.2, 0) is 23.8 Å². The van der Waals surface area contributed by atoms with Crippen LogP contribution in [0.2, 0.25) is 0 Å². The second-order valence-electron chi connectivity index (χ2n) is 9.09. The van der Waals surface area contributed by atoms with Crippen LogP contribution in [0.25, 0.3) is 11.4 Å². The normalized spacial score (nSPS) is 26.3. The van der Waals surface area contributed by atoms with Gasteiger partial charge < -0.3 is 9.09 Å². The number of halogens is 2. The summed E-state index contributed by atoms with van der Waals surface area (Å²) in [4.78, 5) is 4.08. The molecule has 158 valence electrons. The highest BCUT2D eigenvalue weighted by Gasteiger charge is 2.54. The maximum absolute atomic E-state index is 13.6. The van der Waals surface area contributed by atoms with Gasteiger partial charge in [-0.2, -0.15) is 13.8 Å². The average molecular weight is 413 g/mol. The Morgan fingerprint density at radius 1 is 1.00 bits per heavy atom. The minimum Gasteiger partial charge on any atom is -0.333 e. The Morgan fingerprint density at radius 3 is 2.23 bits per heavy atom. The Labute approximate surface area is 173 Å². The zero-order chi connectivity index (χ0) is 21.1. The molecule has 3 aliphatic rings. The molecular formula is C22H25F2N5O. The molecular weight excluding hydrogens is 388 g/mol. The van der Waals surface area contributed by atoms with Gasteiger partial charge >= 0.3 is 5.92 Å². The fraction of sp³-hybridized carbons (Fsp3) is 0.545. The van der Waals surface area contributed by atoms with Crippen LogP contribution in [0, 0.1) is 6.92 Å². The number of fused-ring (bicyclic) bond motifs is 3. The molecule has 0 unspecified atom stereocenters. The minimum atomic E-state index is -3.11. The smallest absolute Gasteiger partial charge is 0.322 e. The Morgan fingerprint density at radius 2 is 1.63 bits per heavy atom. The van der Waals surface area contributed by atoms with Crippen molar-refractivity contribution in [3.8, 4) is 11.4 Å². The quantitative estimate of drug-likeness (QED) is 0.613. The van der Waals surface area contributed by atoms with Crippen molar-refractivity contribution in [3.05, 3.63) is 47.4 Å². The maximum Gasteiger partial charge on any atom is 0.322 e. The van der Waals surface area contributed by atoms with Crippen LogP contribution in [0.4, 0.5) is 8.78 Å². The summed E-state index contributed by atoms with van der Waals surface area (Å²) >= 11 is 0. The Bertz CT molecular complexity index is 1070. The zero-order valence-corrected chi connectivity index (χ0v) is 17.5. The van der Waals surface area contributed by atoms with Crippen molar-refractivity contribution in [2.75, 3.05) is 0 Å². The van der Waals surface area contributed by atoms with Gasteiger partial charge in [-0.25, -0.2) is 0 Å². The predicted octanol–water partition coefficient (Wildman–Crippen LogP) is 4.83. The summed E-state index contributed by atoms with van der Waals surface area (Å²) in [5.74, 6) is -1.37. The first kappa shape index (κ1) is 19.3. The Kier molecular flexibility index (Phi) is 4.14. The molecule has 1 aromatic carbocycles. The van der Waals surface area contributed by atoms with Crippen LogP contribution in [0.1, 0.15) is 68.6 Å².